The van der Waals surface area contributed by atoms with E-state index < -0.39 is 0 Å². The smallest absolute Gasteiger partial charge is 0.0939 e. The number of nitrogens with zero attached hydrogens (tertiary/aromatic N) is 2. The number of allylic oxidation sites excluding steroid dienone is 1. The molecular formula is C16H22N2. The fourth-order valence-electron chi connectivity index (χ4n) is 2.08. The van der Waals surface area contributed by atoms with Crippen LogP contribution in [-0.4, -0.2) is 0 Å². The molecule has 1 aliphatic rings. The first-order chi connectivity index (χ1) is 8.39. The molecular weight excluding hydrogens is 220 g/mol. The van der Waals surface area contributed by atoms with E-state index in [1.807, 2.05) is 0 Å². The van der Waals surface area contributed by atoms with E-state index in [1.165, 1.54) is 11.1 Å². The lowest BCUT2D eigenvalue weighted by Crippen LogP contribution is -2.18. The number of benzene rings is 1. The Labute approximate surface area is 110 Å². The predicted molar refractivity (Wildman–Crippen MR) is 76.3 cm³/mol. The molecule has 1 aromatic rings. The molecule has 0 spiro atoms. The van der Waals surface area contributed by atoms with Gasteiger partial charge in [-0.05, 0) is 29.5 Å². The van der Waals surface area contributed by atoms with E-state index >= 15 is 0 Å². The Morgan fingerprint density at radius 2 is 1.83 bits per heavy atom. The lowest BCUT2D eigenvalue weighted by molar-refractivity contribution is 0.298. The highest BCUT2D eigenvalue weighted by Gasteiger charge is 2.25. The summed E-state index contributed by atoms with van der Waals surface area (Å²) >= 11 is 0. The zero-order valence-electron chi connectivity index (χ0n) is 11.9. The summed E-state index contributed by atoms with van der Waals surface area (Å²) in [6.07, 6.45) is 2.19. The van der Waals surface area contributed by atoms with Crippen molar-refractivity contribution in [2.45, 2.75) is 40.7 Å². The number of hydrogen-bond acceptors (Lipinski definition) is 2. The minimum absolute atomic E-state index is 0.141. The van der Waals surface area contributed by atoms with Crippen LogP contribution in [0, 0.1) is 11.3 Å². The van der Waals surface area contributed by atoms with Gasteiger partial charge >= 0.3 is 0 Å². The van der Waals surface area contributed by atoms with Gasteiger partial charge in [0.05, 0.1) is 11.7 Å². The average Bonchev–Trinajstić information content (AvgIpc) is 2.47. The van der Waals surface area contributed by atoms with Crippen LogP contribution in [-0.2, 0) is 0 Å². The molecule has 1 aromatic carbocycles. The van der Waals surface area contributed by atoms with Crippen LogP contribution in [0.2, 0.25) is 0 Å². The van der Waals surface area contributed by atoms with E-state index in [4.69, 9.17) is 0 Å². The minimum atomic E-state index is 0.141. The molecule has 0 saturated heterocycles. The molecule has 0 saturated carbocycles. The third-order valence-electron chi connectivity index (χ3n) is 3.84. The SMILES string of the molecule is CC1N=NC(C(C)C(C)(C)C)=Cc2ccccc21. The monoisotopic (exact) mass is 242 g/mol. The zero-order chi connectivity index (χ0) is 13.3. The van der Waals surface area contributed by atoms with Gasteiger partial charge < -0.3 is 0 Å². The predicted octanol–water partition coefficient (Wildman–Crippen LogP) is 5.24. The van der Waals surface area contributed by atoms with E-state index in [1.54, 1.807) is 0 Å². The van der Waals surface area contributed by atoms with E-state index in [2.05, 4.69) is 75.2 Å². The Bertz CT molecular complexity index is 492. The van der Waals surface area contributed by atoms with Crippen molar-refractivity contribution in [1.29, 1.82) is 0 Å². The Balaban J connectivity index is 2.46. The summed E-state index contributed by atoms with van der Waals surface area (Å²) in [6.45, 7) is 11.1. The third-order valence-corrected chi connectivity index (χ3v) is 3.84. The highest BCUT2D eigenvalue weighted by molar-refractivity contribution is 5.58. The van der Waals surface area contributed by atoms with E-state index in [9.17, 15) is 0 Å². The maximum atomic E-state index is 4.47. The van der Waals surface area contributed by atoms with Crippen LogP contribution in [0.3, 0.4) is 0 Å². The van der Waals surface area contributed by atoms with E-state index in [0.29, 0.717) is 5.92 Å². The van der Waals surface area contributed by atoms with Crippen molar-refractivity contribution >= 4 is 6.08 Å². The van der Waals surface area contributed by atoms with Gasteiger partial charge in [0.15, 0.2) is 0 Å². The van der Waals surface area contributed by atoms with Crippen LogP contribution >= 0.6 is 0 Å². The molecule has 2 atom stereocenters. The van der Waals surface area contributed by atoms with Gasteiger partial charge in [0.1, 0.15) is 0 Å². The molecule has 96 valence electrons. The Hall–Kier alpha value is -1.44. The molecule has 0 N–H and O–H groups in total. The fraction of sp³-hybridized carbons (Fsp3) is 0.500. The van der Waals surface area contributed by atoms with Crippen LogP contribution in [0.15, 0.2) is 40.2 Å². The normalized spacial score (nSPS) is 20.9. The van der Waals surface area contributed by atoms with Crippen molar-refractivity contribution in [2.24, 2.45) is 21.6 Å². The van der Waals surface area contributed by atoms with Crippen LogP contribution in [0.1, 0.15) is 51.8 Å². The second-order valence-corrected chi connectivity index (χ2v) is 6.18. The zero-order valence-corrected chi connectivity index (χ0v) is 11.9. The number of azo groups is 1. The molecule has 2 heteroatoms. The van der Waals surface area contributed by atoms with Gasteiger partial charge in [0, 0.05) is 5.92 Å². The van der Waals surface area contributed by atoms with E-state index in [-0.39, 0.29) is 11.5 Å². The Kier molecular flexibility index (Phi) is 3.38. The standard InChI is InChI=1S/C16H22N2/c1-11(16(3,4)5)15-10-13-8-6-7-9-14(13)12(2)17-18-15/h6-12H,1-5H3. The van der Waals surface area contributed by atoms with Gasteiger partial charge in [-0.3, -0.25) is 0 Å². The summed E-state index contributed by atoms with van der Waals surface area (Å²) in [5.41, 5.74) is 3.80. The Morgan fingerprint density at radius 1 is 1.17 bits per heavy atom. The number of hydrogen-bond donors (Lipinski definition) is 0. The molecule has 2 rings (SSSR count). The summed E-state index contributed by atoms with van der Waals surface area (Å²) in [4.78, 5) is 0. The molecule has 1 aliphatic heterocycles. The topological polar surface area (TPSA) is 24.7 Å². The van der Waals surface area contributed by atoms with Gasteiger partial charge in [-0.15, -0.1) is 0 Å². The number of rotatable bonds is 1. The first-order valence-corrected chi connectivity index (χ1v) is 6.61. The van der Waals surface area contributed by atoms with Crippen LogP contribution < -0.4 is 0 Å². The molecule has 1 heterocycles. The van der Waals surface area contributed by atoms with Crippen LogP contribution in [0.25, 0.3) is 6.08 Å². The largest absolute Gasteiger partial charge is 0.181 e. The molecule has 2 unspecified atom stereocenters. The van der Waals surface area contributed by atoms with Crippen LogP contribution in [0.5, 0.6) is 0 Å². The van der Waals surface area contributed by atoms with Crippen molar-refractivity contribution < 1.29 is 0 Å². The van der Waals surface area contributed by atoms with Gasteiger partial charge in [0.25, 0.3) is 0 Å². The minimum Gasteiger partial charge on any atom is -0.181 e. The highest BCUT2D eigenvalue weighted by atomic mass is 15.1. The maximum Gasteiger partial charge on any atom is 0.0939 e. The summed E-state index contributed by atoms with van der Waals surface area (Å²) in [6, 6.07) is 8.57. The summed E-state index contributed by atoms with van der Waals surface area (Å²) < 4.78 is 0. The van der Waals surface area contributed by atoms with Crippen molar-refractivity contribution in [2.75, 3.05) is 0 Å². The summed E-state index contributed by atoms with van der Waals surface area (Å²) in [7, 11) is 0. The van der Waals surface area contributed by atoms with Crippen LogP contribution in [0.4, 0.5) is 0 Å². The first-order valence-electron chi connectivity index (χ1n) is 6.61. The maximum absolute atomic E-state index is 4.47. The second-order valence-electron chi connectivity index (χ2n) is 6.18. The molecule has 0 amide bonds. The lowest BCUT2D eigenvalue weighted by Gasteiger charge is -2.26. The van der Waals surface area contributed by atoms with Gasteiger partial charge in [-0.1, -0.05) is 52.0 Å². The van der Waals surface area contributed by atoms with Crippen molar-refractivity contribution in [3.63, 3.8) is 0 Å². The van der Waals surface area contributed by atoms with Gasteiger partial charge in [-0.2, -0.15) is 10.2 Å². The molecule has 0 aromatic heterocycles. The molecule has 18 heavy (non-hydrogen) atoms. The second kappa shape index (κ2) is 4.68. The summed E-state index contributed by atoms with van der Waals surface area (Å²) in [5.74, 6) is 0.389. The average molecular weight is 242 g/mol. The molecule has 0 fully saturated rings. The first kappa shape index (κ1) is 13.0. The van der Waals surface area contributed by atoms with Crippen molar-refractivity contribution in [3.8, 4) is 0 Å². The highest BCUT2D eigenvalue weighted by Crippen LogP contribution is 2.36. The van der Waals surface area contributed by atoms with Crippen molar-refractivity contribution in [1.82, 2.24) is 0 Å². The number of fused-ring (bicyclic) bond motifs is 1. The van der Waals surface area contributed by atoms with Gasteiger partial charge in [0.2, 0.25) is 0 Å². The van der Waals surface area contributed by atoms with Gasteiger partial charge in [-0.25, -0.2) is 0 Å². The molecule has 2 nitrogen and oxygen atoms in total. The summed E-state index contributed by atoms with van der Waals surface area (Å²) in [5, 5.41) is 8.91. The molecule has 0 radical (unpaired) electrons. The fourth-order valence-corrected chi connectivity index (χ4v) is 2.08. The molecule has 0 aliphatic carbocycles. The van der Waals surface area contributed by atoms with Crippen molar-refractivity contribution in [3.05, 3.63) is 41.1 Å². The Morgan fingerprint density at radius 3 is 2.50 bits per heavy atom. The third kappa shape index (κ3) is 2.53. The molecule has 0 bridgehead atoms. The lowest BCUT2D eigenvalue weighted by atomic mass is 9.79. The van der Waals surface area contributed by atoms with E-state index in [0.717, 1.165) is 5.70 Å². The quantitative estimate of drug-likeness (QED) is 0.643.